The van der Waals surface area contributed by atoms with Crippen LogP contribution in [0, 0.1) is 0 Å². The van der Waals surface area contributed by atoms with Crippen molar-refractivity contribution in [1.29, 1.82) is 0 Å². The van der Waals surface area contributed by atoms with Crippen molar-refractivity contribution in [2.24, 2.45) is 5.73 Å². The van der Waals surface area contributed by atoms with Gasteiger partial charge in [-0.25, -0.2) is 0 Å². The highest BCUT2D eigenvalue weighted by atomic mass is 35.5. The van der Waals surface area contributed by atoms with Crippen molar-refractivity contribution in [3.63, 3.8) is 0 Å². The standard InChI is InChI=1S/C15H23ClN2S/c1-10-8-18(9-11(2)19-10)15(12(3)17)13-5-4-6-14(16)7-13/h4-7,10-12,15H,8-9,17H2,1-3H3. The lowest BCUT2D eigenvalue weighted by Crippen LogP contribution is -2.47. The SMILES string of the molecule is CC1CN(C(c2cccc(Cl)c2)C(C)N)CC(C)S1. The third-order valence-corrected chi connectivity index (χ3v) is 4.99. The highest BCUT2D eigenvalue weighted by Crippen LogP contribution is 2.33. The van der Waals surface area contributed by atoms with Gasteiger partial charge < -0.3 is 5.73 Å². The number of nitrogens with two attached hydrogens (primary N) is 1. The molecule has 1 heterocycles. The first-order valence-corrected chi connectivity index (χ1v) is 8.20. The molecule has 2 rings (SSSR count). The molecule has 0 aliphatic carbocycles. The van der Waals surface area contributed by atoms with Gasteiger partial charge in [0.15, 0.2) is 0 Å². The van der Waals surface area contributed by atoms with E-state index in [1.807, 2.05) is 18.2 Å². The normalized spacial score (nSPS) is 28.1. The van der Waals surface area contributed by atoms with Gasteiger partial charge in [0.1, 0.15) is 0 Å². The molecule has 4 heteroatoms. The van der Waals surface area contributed by atoms with Gasteiger partial charge in [-0.3, -0.25) is 4.90 Å². The summed E-state index contributed by atoms with van der Waals surface area (Å²) in [5.74, 6) is 0. The zero-order valence-electron chi connectivity index (χ0n) is 11.8. The summed E-state index contributed by atoms with van der Waals surface area (Å²) in [6, 6.07) is 8.47. The smallest absolute Gasteiger partial charge is 0.0497 e. The number of hydrogen-bond acceptors (Lipinski definition) is 3. The monoisotopic (exact) mass is 298 g/mol. The lowest BCUT2D eigenvalue weighted by atomic mass is 9.98. The fraction of sp³-hybridized carbons (Fsp3) is 0.600. The Labute approximate surface area is 125 Å². The Bertz CT molecular complexity index is 414. The molecule has 1 aliphatic rings. The van der Waals surface area contributed by atoms with E-state index in [4.69, 9.17) is 17.3 Å². The Morgan fingerprint density at radius 3 is 2.47 bits per heavy atom. The molecule has 1 saturated heterocycles. The van der Waals surface area contributed by atoms with E-state index in [0.717, 1.165) is 18.1 Å². The Balaban J connectivity index is 2.25. The quantitative estimate of drug-likeness (QED) is 0.925. The third kappa shape index (κ3) is 3.88. The van der Waals surface area contributed by atoms with Gasteiger partial charge in [-0.2, -0.15) is 11.8 Å². The van der Waals surface area contributed by atoms with Crippen molar-refractivity contribution in [2.75, 3.05) is 13.1 Å². The molecule has 2 nitrogen and oxygen atoms in total. The van der Waals surface area contributed by atoms with Gasteiger partial charge in [-0.15, -0.1) is 0 Å². The van der Waals surface area contributed by atoms with E-state index >= 15 is 0 Å². The summed E-state index contributed by atoms with van der Waals surface area (Å²) < 4.78 is 0. The Morgan fingerprint density at radius 1 is 1.32 bits per heavy atom. The van der Waals surface area contributed by atoms with E-state index in [1.54, 1.807) is 0 Å². The molecular weight excluding hydrogens is 276 g/mol. The van der Waals surface area contributed by atoms with Crippen molar-refractivity contribution in [1.82, 2.24) is 4.90 Å². The molecule has 4 unspecified atom stereocenters. The summed E-state index contributed by atoms with van der Waals surface area (Å²) in [6.45, 7) is 8.86. The first-order valence-electron chi connectivity index (χ1n) is 6.88. The van der Waals surface area contributed by atoms with Crippen molar-refractivity contribution in [3.05, 3.63) is 34.9 Å². The molecule has 0 saturated carbocycles. The van der Waals surface area contributed by atoms with Crippen LogP contribution >= 0.6 is 23.4 Å². The number of halogens is 1. The van der Waals surface area contributed by atoms with Crippen LogP contribution in [-0.2, 0) is 0 Å². The molecule has 2 N–H and O–H groups in total. The zero-order chi connectivity index (χ0) is 14.0. The minimum absolute atomic E-state index is 0.0981. The van der Waals surface area contributed by atoms with Gasteiger partial charge >= 0.3 is 0 Å². The van der Waals surface area contributed by atoms with Crippen molar-refractivity contribution < 1.29 is 0 Å². The molecule has 1 aromatic carbocycles. The maximum atomic E-state index is 6.25. The van der Waals surface area contributed by atoms with Crippen LogP contribution in [0.2, 0.25) is 5.02 Å². The van der Waals surface area contributed by atoms with Crippen LogP contribution in [0.25, 0.3) is 0 Å². The minimum atomic E-state index is 0.0981. The van der Waals surface area contributed by atoms with Crippen LogP contribution in [0.1, 0.15) is 32.4 Å². The summed E-state index contributed by atoms with van der Waals surface area (Å²) in [7, 11) is 0. The van der Waals surface area contributed by atoms with Gasteiger partial charge in [-0.1, -0.05) is 37.6 Å². The van der Waals surface area contributed by atoms with Gasteiger partial charge in [-0.05, 0) is 24.6 Å². The predicted octanol–water partition coefficient (Wildman–Crippen LogP) is 3.55. The molecule has 0 aromatic heterocycles. The molecule has 0 radical (unpaired) electrons. The maximum absolute atomic E-state index is 6.25. The second-order valence-electron chi connectivity index (χ2n) is 5.57. The number of benzene rings is 1. The molecular formula is C15H23ClN2S. The molecule has 4 atom stereocenters. The number of nitrogens with zero attached hydrogens (tertiary/aromatic N) is 1. The van der Waals surface area contributed by atoms with Crippen molar-refractivity contribution >= 4 is 23.4 Å². The van der Waals surface area contributed by atoms with E-state index in [0.29, 0.717) is 10.5 Å². The Hall–Kier alpha value is -0.220. The fourth-order valence-electron chi connectivity index (χ4n) is 2.98. The molecule has 0 bridgehead atoms. The predicted molar refractivity (Wildman–Crippen MR) is 85.9 cm³/mol. The average Bonchev–Trinajstić information content (AvgIpc) is 2.27. The van der Waals surface area contributed by atoms with Crippen LogP contribution in [0.15, 0.2) is 24.3 Å². The second kappa shape index (κ2) is 6.49. The molecule has 0 spiro atoms. The van der Waals surface area contributed by atoms with Crippen molar-refractivity contribution in [2.45, 2.75) is 43.4 Å². The van der Waals surface area contributed by atoms with E-state index in [1.165, 1.54) is 5.56 Å². The fourth-order valence-corrected chi connectivity index (χ4v) is 4.53. The van der Waals surface area contributed by atoms with Gasteiger partial charge in [0, 0.05) is 40.7 Å². The van der Waals surface area contributed by atoms with Gasteiger partial charge in [0.2, 0.25) is 0 Å². The average molecular weight is 299 g/mol. The molecule has 1 fully saturated rings. The largest absolute Gasteiger partial charge is 0.326 e. The first kappa shape index (κ1) is 15.2. The van der Waals surface area contributed by atoms with Crippen LogP contribution in [-0.4, -0.2) is 34.5 Å². The number of rotatable bonds is 3. The number of thioether (sulfide) groups is 1. The minimum Gasteiger partial charge on any atom is -0.326 e. The summed E-state index contributed by atoms with van der Waals surface area (Å²) in [5.41, 5.74) is 7.48. The topological polar surface area (TPSA) is 29.3 Å². The van der Waals surface area contributed by atoms with Crippen LogP contribution < -0.4 is 5.73 Å². The highest BCUT2D eigenvalue weighted by Gasteiger charge is 2.30. The highest BCUT2D eigenvalue weighted by molar-refractivity contribution is 8.00. The third-order valence-electron chi connectivity index (χ3n) is 3.53. The van der Waals surface area contributed by atoms with E-state index in [9.17, 15) is 0 Å². The molecule has 106 valence electrons. The molecule has 0 amide bonds. The molecule has 1 aliphatic heterocycles. The summed E-state index contributed by atoms with van der Waals surface area (Å²) in [4.78, 5) is 2.52. The molecule has 1 aromatic rings. The van der Waals surface area contributed by atoms with Gasteiger partial charge in [0.25, 0.3) is 0 Å². The lowest BCUT2D eigenvalue weighted by molar-refractivity contribution is 0.174. The lowest BCUT2D eigenvalue weighted by Gasteiger charge is -2.41. The summed E-state index contributed by atoms with van der Waals surface area (Å²) >= 11 is 8.19. The van der Waals surface area contributed by atoms with E-state index < -0.39 is 0 Å². The number of hydrogen-bond donors (Lipinski definition) is 1. The van der Waals surface area contributed by atoms with Crippen LogP contribution in [0.5, 0.6) is 0 Å². The summed E-state index contributed by atoms with van der Waals surface area (Å²) in [5, 5.41) is 2.10. The van der Waals surface area contributed by atoms with Crippen LogP contribution in [0.3, 0.4) is 0 Å². The van der Waals surface area contributed by atoms with Crippen molar-refractivity contribution in [3.8, 4) is 0 Å². The summed E-state index contributed by atoms with van der Waals surface area (Å²) in [6.07, 6.45) is 0. The maximum Gasteiger partial charge on any atom is 0.0497 e. The van der Waals surface area contributed by atoms with E-state index in [-0.39, 0.29) is 12.1 Å². The second-order valence-corrected chi connectivity index (χ2v) is 7.89. The van der Waals surface area contributed by atoms with Gasteiger partial charge in [0.05, 0.1) is 0 Å². The zero-order valence-corrected chi connectivity index (χ0v) is 13.4. The Kier molecular flexibility index (Phi) is 5.18. The molecule has 19 heavy (non-hydrogen) atoms. The van der Waals surface area contributed by atoms with E-state index in [2.05, 4.69) is 43.5 Å². The Morgan fingerprint density at radius 2 is 1.95 bits per heavy atom. The first-order chi connectivity index (χ1) is 8.97. The van der Waals surface area contributed by atoms with Crippen LogP contribution in [0.4, 0.5) is 0 Å².